The second-order valence-corrected chi connectivity index (χ2v) is 6.13. The average molecular weight is 257 g/mol. The van der Waals surface area contributed by atoms with Gasteiger partial charge in [-0.1, -0.05) is 25.6 Å². The van der Waals surface area contributed by atoms with Crippen molar-refractivity contribution in [3.63, 3.8) is 0 Å². The Morgan fingerprint density at radius 2 is 2.06 bits per heavy atom. The summed E-state index contributed by atoms with van der Waals surface area (Å²) in [5, 5.41) is 4.75. The van der Waals surface area contributed by atoms with Crippen LogP contribution in [-0.2, 0) is 0 Å². The highest BCUT2D eigenvalue weighted by molar-refractivity contribution is 8.14. The van der Waals surface area contributed by atoms with Crippen LogP contribution >= 0.6 is 11.8 Å². The Hall–Kier alpha value is -0.220. The van der Waals surface area contributed by atoms with Gasteiger partial charge in [0.05, 0.1) is 6.54 Å². The zero-order valence-electron chi connectivity index (χ0n) is 11.9. The van der Waals surface area contributed by atoms with Crippen molar-refractivity contribution in [3.8, 4) is 0 Å². The maximum Gasteiger partial charge on any atom is 0.157 e. The first-order chi connectivity index (χ1) is 8.03. The van der Waals surface area contributed by atoms with E-state index in [0.717, 1.165) is 18.3 Å². The molecule has 4 heteroatoms. The number of thioether (sulfide) groups is 1. The summed E-state index contributed by atoms with van der Waals surface area (Å²) < 4.78 is 0. The first kappa shape index (κ1) is 14.8. The lowest BCUT2D eigenvalue weighted by Crippen LogP contribution is -2.42. The Bertz CT molecular complexity index is 259. The van der Waals surface area contributed by atoms with Gasteiger partial charge in [0.15, 0.2) is 5.17 Å². The van der Waals surface area contributed by atoms with E-state index in [1.807, 2.05) is 11.8 Å². The number of aliphatic imine (C=N–C) groups is 1. The minimum absolute atomic E-state index is 0.299. The van der Waals surface area contributed by atoms with Crippen LogP contribution in [0.1, 0.15) is 40.5 Å². The first-order valence-electron chi connectivity index (χ1n) is 6.68. The van der Waals surface area contributed by atoms with Gasteiger partial charge in [-0.25, -0.2) is 0 Å². The van der Waals surface area contributed by atoms with E-state index in [1.165, 1.54) is 18.6 Å². The zero-order valence-corrected chi connectivity index (χ0v) is 12.7. The van der Waals surface area contributed by atoms with Crippen molar-refractivity contribution >= 4 is 16.9 Å². The molecule has 1 N–H and O–H groups in total. The molecule has 0 spiro atoms. The molecule has 3 nitrogen and oxygen atoms in total. The lowest BCUT2D eigenvalue weighted by molar-refractivity contribution is 0.282. The van der Waals surface area contributed by atoms with E-state index in [9.17, 15) is 0 Å². The Kier molecular flexibility index (Phi) is 5.80. The standard InChI is InChI=1S/C13H27N3S/c1-6-13(7-2)10-17-12(15-13)14-8-9-16(5)11(3)4/h11H,6-10H2,1-5H3,(H,14,15). The average Bonchev–Trinajstić information content (AvgIpc) is 2.73. The molecular formula is C13H27N3S. The fourth-order valence-corrected chi connectivity index (χ4v) is 3.15. The Morgan fingerprint density at radius 3 is 2.53 bits per heavy atom. The van der Waals surface area contributed by atoms with Gasteiger partial charge in [-0.15, -0.1) is 0 Å². The predicted molar refractivity (Wildman–Crippen MR) is 79.0 cm³/mol. The first-order valence-corrected chi connectivity index (χ1v) is 7.67. The number of hydrogen-bond donors (Lipinski definition) is 1. The smallest absolute Gasteiger partial charge is 0.157 e. The summed E-state index contributed by atoms with van der Waals surface area (Å²) >= 11 is 1.88. The lowest BCUT2D eigenvalue weighted by atomic mass is 9.96. The molecule has 0 aromatic rings. The number of amidine groups is 1. The van der Waals surface area contributed by atoms with E-state index >= 15 is 0 Å². The fraction of sp³-hybridized carbons (Fsp3) is 0.923. The Balaban J connectivity index is 2.38. The highest BCUT2D eigenvalue weighted by Crippen LogP contribution is 2.28. The van der Waals surface area contributed by atoms with Crippen molar-refractivity contribution in [1.82, 2.24) is 10.2 Å². The summed E-state index contributed by atoms with van der Waals surface area (Å²) in [5.74, 6) is 1.17. The molecule has 1 aliphatic rings. The van der Waals surface area contributed by atoms with Gasteiger partial charge < -0.3 is 10.2 Å². The van der Waals surface area contributed by atoms with Gasteiger partial charge in [-0.2, -0.15) is 0 Å². The fourth-order valence-electron chi connectivity index (χ4n) is 1.79. The molecule has 1 rings (SSSR count). The molecule has 1 aliphatic heterocycles. The summed E-state index contributed by atoms with van der Waals surface area (Å²) in [5.41, 5.74) is 0.299. The van der Waals surface area contributed by atoms with Crippen molar-refractivity contribution in [3.05, 3.63) is 0 Å². The van der Waals surface area contributed by atoms with Crippen molar-refractivity contribution in [2.75, 3.05) is 25.9 Å². The summed E-state index contributed by atoms with van der Waals surface area (Å²) in [6.07, 6.45) is 2.36. The second-order valence-electron chi connectivity index (χ2n) is 5.16. The third-order valence-electron chi connectivity index (χ3n) is 3.80. The molecule has 100 valence electrons. The quantitative estimate of drug-likeness (QED) is 0.792. The van der Waals surface area contributed by atoms with Crippen molar-refractivity contribution in [1.29, 1.82) is 0 Å². The number of hydrogen-bond acceptors (Lipinski definition) is 3. The van der Waals surface area contributed by atoms with Crippen molar-refractivity contribution in [2.24, 2.45) is 4.99 Å². The van der Waals surface area contributed by atoms with Gasteiger partial charge in [0.1, 0.15) is 0 Å². The minimum atomic E-state index is 0.299. The molecule has 1 saturated heterocycles. The highest BCUT2D eigenvalue weighted by Gasteiger charge is 2.33. The molecule has 0 amide bonds. The Labute approximate surface area is 110 Å². The van der Waals surface area contributed by atoms with Crippen LogP contribution in [0, 0.1) is 0 Å². The van der Waals surface area contributed by atoms with Crippen LogP contribution in [0.2, 0.25) is 0 Å². The van der Waals surface area contributed by atoms with Crippen LogP contribution in [0.5, 0.6) is 0 Å². The molecule has 0 saturated carbocycles. The van der Waals surface area contributed by atoms with Crippen molar-refractivity contribution < 1.29 is 0 Å². The van der Waals surface area contributed by atoms with Crippen LogP contribution in [0.15, 0.2) is 4.99 Å². The number of nitrogens with zero attached hydrogens (tertiary/aromatic N) is 2. The predicted octanol–water partition coefficient (Wildman–Crippen LogP) is 2.58. The number of nitrogens with one attached hydrogen (secondary N) is 1. The zero-order chi connectivity index (χ0) is 12.9. The normalized spacial score (nSPS) is 21.5. The van der Waals surface area contributed by atoms with Crippen molar-refractivity contribution in [2.45, 2.75) is 52.1 Å². The molecular weight excluding hydrogens is 230 g/mol. The van der Waals surface area contributed by atoms with Gasteiger partial charge >= 0.3 is 0 Å². The number of rotatable bonds is 6. The second kappa shape index (κ2) is 6.64. The van der Waals surface area contributed by atoms with Gasteiger partial charge in [0, 0.05) is 23.9 Å². The third kappa shape index (κ3) is 4.18. The molecule has 1 heterocycles. The summed E-state index contributed by atoms with van der Waals surface area (Å²) in [4.78, 5) is 6.99. The van der Waals surface area contributed by atoms with E-state index in [0.29, 0.717) is 11.6 Å². The monoisotopic (exact) mass is 257 g/mol. The summed E-state index contributed by atoms with van der Waals surface area (Å²) in [6.45, 7) is 10.9. The van der Waals surface area contributed by atoms with Crippen LogP contribution in [0.3, 0.4) is 0 Å². The van der Waals surface area contributed by atoms with E-state index in [4.69, 9.17) is 0 Å². The SMILES string of the molecule is CCC1(CC)CSC(=NCCN(C)C(C)C)N1. The maximum absolute atomic E-state index is 4.66. The maximum atomic E-state index is 4.66. The largest absolute Gasteiger partial charge is 0.359 e. The Morgan fingerprint density at radius 1 is 1.41 bits per heavy atom. The van der Waals surface area contributed by atoms with Crippen LogP contribution in [0.25, 0.3) is 0 Å². The molecule has 17 heavy (non-hydrogen) atoms. The van der Waals surface area contributed by atoms with Gasteiger partial charge in [0.25, 0.3) is 0 Å². The van der Waals surface area contributed by atoms with E-state index < -0.39 is 0 Å². The van der Waals surface area contributed by atoms with Crippen LogP contribution < -0.4 is 5.32 Å². The van der Waals surface area contributed by atoms with E-state index in [1.54, 1.807) is 0 Å². The molecule has 0 aliphatic carbocycles. The molecule has 1 fully saturated rings. The highest BCUT2D eigenvalue weighted by atomic mass is 32.2. The van der Waals surface area contributed by atoms with Gasteiger partial charge in [0.2, 0.25) is 0 Å². The topological polar surface area (TPSA) is 27.6 Å². The molecule has 0 radical (unpaired) electrons. The number of likely N-dealkylation sites (N-methyl/N-ethyl adjacent to an activating group) is 1. The lowest BCUT2D eigenvalue weighted by Gasteiger charge is -2.25. The summed E-state index contributed by atoms with van der Waals surface area (Å²) in [6, 6.07) is 0.602. The van der Waals surface area contributed by atoms with E-state index in [2.05, 4.69) is 50.0 Å². The van der Waals surface area contributed by atoms with Gasteiger partial charge in [-0.05, 0) is 33.7 Å². The third-order valence-corrected chi connectivity index (χ3v) is 5.00. The molecule has 0 atom stereocenters. The molecule has 0 aromatic heterocycles. The van der Waals surface area contributed by atoms with E-state index in [-0.39, 0.29) is 0 Å². The summed E-state index contributed by atoms with van der Waals surface area (Å²) in [7, 11) is 2.16. The van der Waals surface area contributed by atoms with Gasteiger partial charge in [-0.3, -0.25) is 4.99 Å². The molecule has 0 bridgehead atoms. The van der Waals surface area contributed by atoms with Crippen LogP contribution in [-0.4, -0.2) is 47.5 Å². The molecule has 0 unspecified atom stereocenters. The minimum Gasteiger partial charge on any atom is -0.359 e. The van der Waals surface area contributed by atoms with Crippen LogP contribution in [0.4, 0.5) is 0 Å². The molecule has 0 aromatic carbocycles.